The molecule has 10 aromatic rings. The molecule has 0 aliphatic carbocycles. The number of fused-ring (bicyclic) bond motifs is 3. The molecule has 0 spiro atoms. The molecule has 0 fully saturated rings. The van der Waals surface area contributed by atoms with Crippen molar-refractivity contribution in [3.8, 4) is 50.7 Å². The summed E-state index contributed by atoms with van der Waals surface area (Å²) in [5.74, 6) is 0.726. The van der Waals surface area contributed by atoms with Gasteiger partial charge in [-0.2, -0.15) is 0 Å². The van der Waals surface area contributed by atoms with Gasteiger partial charge in [-0.1, -0.05) is 132 Å². The van der Waals surface area contributed by atoms with E-state index in [9.17, 15) is 0 Å². The molecule has 0 saturated heterocycles. The SMILES string of the molecule is Cc1cccc(-c2cc(-c3ccc(-c4ccc(-n5c6ccccc6c6cc(N(c7ccccc7)c7ccccc7)ccc65)cc4C)cc3)nc(-c3cccc(C)c3)n2)c1. The monoisotopic (exact) mass is 758 g/mol. The Hall–Kier alpha value is -7.56. The van der Waals surface area contributed by atoms with Gasteiger partial charge < -0.3 is 9.47 Å². The van der Waals surface area contributed by atoms with Crippen molar-refractivity contribution in [2.45, 2.75) is 20.8 Å². The zero-order valence-corrected chi connectivity index (χ0v) is 33.3. The van der Waals surface area contributed by atoms with Crippen molar-refractivity contribution in [3.05, 3.63) is 217 Å². The van der Waals surface area contributed by atoms with Crippen LogP contribution in [0.4, 0.5) is 17.1 Å². The van der Waals surface area contributed by atoms with Crippen molar-refractivity contribution in [2.75, 3.05) is 4.90 Å². The summed E-state index contributed by atoms with van der Waals surface area (Å²) >= 11 is 0. The number of para-hydroxylation sites is 3. The maximum Gasteiger partial charge on any atom is 0.160 e. The molecule has 282 valence electrons. The molecule has 59 heavy (non-hydrogen) atoms. The van der Waals surface area contributed by atoms with Gasteiger partial charge in [-0.15, -0.1) is 0 Å². The van der Waals surface area contributed by atoms with Gasteiger partial charge in [0.25, 0.3) is 0 Å². The van der Waals surface area contributed by atoms with Crippen LogP contribution >= 0.6 is 0 Å². The molecule has 0 N–H and O–H groups in total. The lowest BCUT2D eigenvalue weighted by molar-refractivity contribution is 1.17. The number of aromatic nitrogens is 3. The molecule has 0 aliphatic heterocycles. The predicted octanol–water partition coefficient (Wildman–Crippen LogP) is 14.6. The molecule has 2 heterocycles. The minimum atomic E-state index is 0.726. The molecule has 0 atom stereocenters. The van der Waals surface area contributed by atoms with Crippen LogP contribution in [0.2, 0.25) is 0 Å². The predicted molar refractivity (Wildman–Crippen MR) is 247 cm³/mol. The number of anilines is 3. The highest BCUT2D eigenvalue weighted by molar-refractivity contribution is 6.10. The van der Waals surface area contributed by atoms with E-state index in [4.69, 9.17) is 9.97 Å². The number of rotatable bonds is 8. The molecule has 0 saturated carbocycles. The lowest BCUT2D eigenvalue weighted by Gasteiger charge is -2.25. The van der Waals surface area contributed by atoms with Crippen molar-refractivity contribution in [1.82, 2.24) is 14.5 Å². The van der Waals surface area contributed by atoms with Crippen LogP contribution in [0.15, 0.2) is 200 Å². The summed E-state index contributed by atoms with van der Waals surface area (Å²) in [6, 6.07) is 71.4. The molecule has 0 bridgehead atoms. The van der Waals surface area contributed by atoms with Crippen molar-refractivity contribution in [3.63, 3.8) is 0 Å². The summed E-state index contributed by atoms with van der Waals surface area (Å²) in [6.45, 7) is 6.43. The summed E-state index contributed by atoms with van der Waals surface area (Å²) in [6.07, 6.45) is 0. The molecule has 0 amide bonds. The number of benzene rings is 8. The standard InChI is InChI=1S/C55H42N4/c1-37-14-12-16-42(32-37)52-36-51(56-55(57-52)43-17-13-15-38(2)33-43)41-26-24-40(25-27-41)48-30-28-46(34-39(48)3)59-53-23-11-10-22-49(53)50-35-47(29-31-54(50)59)58(44-18-6-4-7-19-44)45-20-8-5-9-21-45/h4-36H,1-3H3. The molecule has 4 heteroatoms. The molecule has 4 nitrogen and oxygen atoms in total. The Morgan fingerprint density at radius 3 is 1.66 bits per heavy atom. The molecule has 2 aromatic heterocycles. The van der Waals surface area contributed by atoms with E-state index < -0.39 is 0 Å². The van der Waals surface area contributed by atoms with Gasteiger partial charge in [0.15, 0.2) is 5.82 Å². The summed E-state index contributed by atoms with van der Waals surface area (Å²) in [4.78, 5) is 12.5. The minimum Gasteiger partial charge on any atom is -0.310 e. The molecule has 0 radical (unpaired) electrons. The van der Waals surface area contributed by atoms with Crippen LogP contribution in [0.3, 0.4) is 0 Å². The van der Waals surface area contributed by atoms with Crippen molar-refractivity contribution >= 4 is 38.9 Å². The van der Waals surface area contributed by atoms with Gasteiger partial charge in [0.05, 0.1) is 22.4 Å². The van der Waals surface area contributed by atoms with Crippen LogP contribution in [0.1, 0.15) is 16.7 Å². The first-order valence-corrected chi connectivity index (χ1v) is 20.2. The molecule has 8 aromatic carbocycles. The smallest absolute Gasteiger partial charge is 0.160 e. The maximum absolute atomic E-state index is 5.10. The van der Waals surface area contributed by atoms with Crippen LogP contribution in [-0.4, -0.2) is 14.5 Å². The van der Waals surface area contributed by atoms with Gasteiger partial charge in [-0.3, -0.25) is 0 Å². The highest BCUT2D eigenvalue weighted by atomic mass is 15.1. The van der Waals surface area contributed by atoms with Crippen LogP contribution in [0.25, 0.3) is 72.5 Å². The highest BCUT2D eigenvalue weighted by Gasteiger charge is 2.18. The third-order valence-electron chi connectivity index (χ3n) is 11.2. The van der Waals surface area contributed by atoms with Gasteiger partial charge in [-0.05, 0) is 116 Å². The van der Waals surface area contributed by atoms with Gasteiger partial charge in [-0.25, -0.2) is 9.97 Å². The maximum atomic E-state index is 5.10. The molecular weight excluding hydrogens is 717 g/mol. The van der Waals surface area contributed by atoms with E-state index in [0.29, 0.717) is 0 Å². The summed E-state index contributed by atoms with van der Waals surface area (Å²) < 4.78 is 2.40. The Balaban J connectivity index is 1.01. The van der Waals surface area contributed by atoms with E-state index in [1.54, 1.807) is 0 Å². The van der Waals surface area contributed by atoms with Crippen LogP contribution in [-0.2, 0) is 0 Å². The topological polar surface area (TPSA) is 34.0 Å². The van der Waals surface area contributed by atoms with Crippen molar-refractivity contribution < 1.29 is 0 Å². The Morgan fingerprint density at radius 2 is 0.983 bits per heavy atom. The second kappa shape index (κ2) is 15.1. The van der Waals surface area contributed by atoms with E-state index in [2.05, 4.69) is 230 Å². The molecule has 10 rings (SSSR count). The summed E-state index contributed by atoms with van der Waals surface area (Å²) in [7, 11) is 0. The van der Waals surface area contributed by atoms with E-state index in [1.165, 1.54) is 49.6 Å². The van der Waals surface area contributed by atoms with Gasteiger partial charge in [0.1, 0.15) is 0 Å². The van der Waals surface area contributed by atoms with E-state index >= 15 is 0 Å². The third-order valence-corrected chi connectivity index (χ3v) is 11.2. The normalized spacial score (nSPS) is 11.3. The van der Waals surface area contributed by atoms with Crippen LogP contribution < -0.4 is 4.90 Å². The van der Waals surface area contributed by atoms with E-state index in [0.717, 1.165) is 56.7 Å². The second-order valence-corrected chi connectivity index (χ2v) is 15.3. The average Bonchev–Trinajstić information content (AvgIpc) is 3.61. The fourth-order valence-corrected chi connectivity index (χ4v) is 8.37. The van der Waals surface area contributed by atoms with E-state index in [-0.39, 0.29) is 0 Å². The second-order valence-electron chi connectivity index (χ2n) is 15.3. The van der Waals surface area contributed by atoms with Crippen LogP contribution in [0, 0.1) is 20.8 Å². The first kappa shape index (κ1) is 35.8. The Bertz CT molecular complexity index is 3020. The zero-order valence-electron chi connectivity index (χ0n) is 33.3. The fraction of sp³-hybridized carbons (Fsp3) is 0.0545. The third kappa shape index (κ3) is 6.85. The number of hydrogen-bond acceptors (Lipinski definition) is 3. The fourth-order valence-electron chi connectivity index (χ4n) is 8.37. The number of nitrogens with zero attached hydrogens (tertiary/aromatic N) is 4. The van der Waals surface area contributed by atoms with Gasteiger partial charge in [0.2, 0.25) is 0 Å². The summed E-state index contributed by atoms with van der Waals surface area (Å²) in [5.41, 5.74) is 17.8. The Labute approximate surface area is 345 Å². The minimum absolute atomic E-state index is 0.726. The number of hydrogen-bond donors (Lipinski definition) is 0. The van der Waals surface area contributed by atoms with Crippen molar-refractivity contribution in [1.29, 1.82) is 0 Å². The van der Waals surface area contributed by atoms with Crippen molar-refractivity contribution in [2.24, 2.45) is 0 Å². The first-order valence-electron chi connectivity index (χ1n) is 20.2. The summed E-state index contributed by atoms with van der Waals surface area (Å²) in [5, 5.41) is 2.44. The molecule has 0 aliphatic rings. The van der Waals surface area contributed by atoms with Gasteiger partial charge >= 0.3 is 0 Å². The zero-order chi connectivity index (χ0) is 39.9. The quantitative estimate of drug-likeness (QED) is 0.155. The molecule has 0 unspecified atom stereocenters. The Morgan fingerprint density at radius 1 is 0.390 bits per heavy atom. The number of aryl methyl sites for hydroxylation is 3. The lowest BCUT2D eigenvalue weighted by Crippen LogP contribution is -2.09. The Kier molecular flexibility index (Phi) is 9.15. The highest BCUT2D eigenvalue weighted by Crippen LogP contribution is 2.40. The lowest BCUT2D eigenvalue weighted by atomic mass is 9.97. The largest absolute Gasteiger partial charge is 0.310 e. The molecular formula is C55H42N4. The van der Waals surface area contributed by atoms with E-state index in [1.807, 2.05) is 0 Å². The van der Waals surface area contributed by atoms with Gasteiger partial charge in [0, 0.05) is 50.2 Å². The average molecular weight is 759 g/mol. The first-order chi connectivity index (χ1) is 29.0. The van der Waals surface area contributed by atoms with Crippen LogP contribution in [0.5, 0.6) is 0 Å².